The van der Waals surface area contributed by atoms with E-state index in [1.807, 2.05) is 0 Å². The Hall–Kier alpha value is -2.72. The van der Waals surface area contributed by atoms with E-state index in [4.69, 9.17) is 11.6 Å². The lowest BCUT2D eigenvalue weighted by atomic mass is 10.1. The minimum absolute atomic E-state index is 0.00155. The molecule has 1 N–H and O–H groups in total. The van der Waals surface area contributed by atoms with Gasteiger partial charge in [0.15, 0.2) is 4.80 Å². The van der Waals surface area contributed by atoms with Gasteiger partial charge < -0.3 is 9.67 Å². The van der Waals surface area contributed by atoms with Crippen molar-refractivity contribution in [1.29, 1.82) is 0 Å². The highest BCUT2D eigenvalue weighted by Gasteiger charge is 2.35. The topological polar surface area (TPSA) is 71.7 Å². The molecule has 3 aromatic rings. The second-order valence-electron chi connectivity index (χ2n) is 6.24. The minimum atomic E-state index is -4.98. The molecule has 1 atom stereocenters. The molecule has 0 saturated heterocycles. The van der Waals surface area contributed by atoms with Gasteiger partial charge in [-0.15, -0.1) is 0 Å². The van der Waals surface area contributed by atoms with Crippen LogP contribution in [0.5, 0.6) is 0 Å². The number of alkyl halides is 3. The number of amides is 1. The zero-order valence-corrected chi connectivity index (χ0v) is 16.8. The summed E-state index contributed by atoms with van der Waals surface area (Å²) in [5.41, 5.74) is -1.60. The van der Waals surface area contributed by atoms with Gasteiger partial charge in [-0.1, -0.05) is 35.9 Å². The molecule has 30 heavy (non-hydrogen) atoms. The van der Waals surface area contributed by atoms with Crippen molar-refractivity contribution >= 4 is 45.0 Å². The lowest BCUT2D eigenvalue weighted by molar-refractivity contribution is -0.141. The number of carboxylic acid groups (broad SMARTS) is 1. The fraction of sp³-hybridized carbons (Fsp3) is 0.211. The number of carbonyl (C=O) groups is 2. The van der Waals surface area contributed by atoms with Crippen LogP contribution in [-0.2, 0) is 11.0 Å². The molecule has 0 bridgehead atoms. The number of rotatable bonds is 4. The number of fused-ring (bicyclic) bond motifs is 1. The van der Waals surface area contributed by atoms with Crippen molar-refractivity contribution in [2.24, 2.45) is 4.99 Å². The van der Waals surface area contributed by atoms with E-state index in [-0.39, 0.29) is 32.0 Å². The Kier molecular flexibility index (Phi) is 6.00. The summed E-state index contributed by atoms with van der Waals surface area (Å²) < 4.78 is 54.6. The number of hydrogen-bond acceptors (Lipinski definition) is 3. The lowest BCUT2D eigenvalue weighted by Gasteiger charge is -2.14. The fourth-order valence-electron chi connectivity index (χ4n) is 2.90. The Morgan fingerprint density at radius 1 is 1.27 bits per heavy atom. The molecule has 11 heteroatoms. The summed E-state index contributed by atoms with van der Waals surface area (Å²) in [4.78, 5) is 28.0. The normalized spacial score (nSPS) is 13.6. The van der Waals surface area contributed by atoms with Gasteiger partial charge in [-0.3, -0.25) is 4.79 Å². The predicted molar refractivity (Wildman–Crippen MR) is 103 cm³/mol. The monoisotopic (exact) mass is 460 g/mol. The minimum Gasteiger partial charge on any atom is -0.480 e. The third-order valence-electron chi connectivity index (χ3n) is 4.27. The maximum Gasteiger partial charge on any atom is 0.419 e. The van der Waals surface area contributed by atoms with Crippen molar-refractivity contribution < 1.29 is 32.3 Å². The number of carbonyl (C=O) groups excluding carboxylic acids is 1. The molecule has 0 aliphatic rings. The molecule has 158 valence electrons. The van der Waals surface area contributed by atoms with Crippen LogP contribution < -0.4 is 4.80 Å². The SMILES string of the molecule is CCC(C(=O)O)n1c(=NC(=O)c2cccc(Cl)c2)sc2cc(F)c(C(F)(F)F)cc21. The molecular weight excluding hydrogens is 448 g/mol. The number of hydrogen-bond donors (Lipinski definition) is 1. The molecule has 0 aliphatic carbocycles. The summed E-state index contributed by atoms with van der Waals surface area (Å²) in [7, 11) is 0. The highest BCUT2D eigenvalue weighted by molar-refractivity contribution is 7.16. The third kappa shape index (κ3) is 4.24. The number of aliphatic carboxylic acids is 1. The molecular formula is C19H13ClF4N2O3S. The van der Waals surface area contributed by atoms with Crippen molar-refractivity contribution in [2.45, 2.75) is 25.6 Å². The Balaban J connectivity index is 2.32. The van der Waals surface area contributed by atoms with Crippen molar-refractivity contribution in [3.63, 3.8) is 0 Å². The van der Waals surface area contributed by atoms with Crippen LogP contribution in [0.3, 0.4) is 0 Å². The van der Waals surface area contributed by atoms with Crippen molar-refractivity contribution in [2.75, 3.05) is 0 Å². The van der Waals surface area contributed by atoms with Gasteiger partial charge in [0.05, 0.1) is 15.8 Å². The predicted octanol–water partition coefficient (Wildman–Crippen LogP) is 5.29. The van der Waals surface area contributed by atoms with E-state index in [0.29, 0.717) is 12.1 Å². The van der Waals surface area contributed by atoms with Crippen LogP contribution in [0.2, 0.25) is 5.02 Å². The van der Waals surface area contributed by atoms with Crippen LogP contribution in [0.25, 0.3) is 10.2 Å². The average molecular weight is 461 g/mol. The molecule has 1 amide bonds. The summed E-state index contributed by atoms with van der Waals surface area (Å²) in [5.74, 6) is -3.60. The van der Waals surface area contributed by atoms with Gasteiger partial charge in [-0.25, -0.2) is 9.18 Å². The zero-order valence-electron chi connectivity index (χ0n) is 15.2. The first-order valence-electron chi connectivity index (χ1n) is 8.52. The Bertz CT molecular complexity index is 1220. The summed E-state index contributed by atoms with van der Waals surface area (Å²) >= 11 is 6.57. The highest BCUT2D eigenvalue weighted by Crippen LogP contribution is 2.35. The molecule has 2 aromatic carbocycles. The van der Waals surface area contributed by atoms with Gasteiger partial charge in [0, 0.05) is 10.6 Å². The van der Waals surface area contributed by atoms with Gasteiger partial charge in [0.2, 0.25) is 0 Å². The lowest BCUT2D eigenvalue weighted by Crippen LogP contribution is -2.27. The first kappa shape index (κ1) is 22.0. The van der Waals surface area contributed by atoms with E-state index in [0.717, 1.165) is 15.9 Å². The first-order chi connectivity index (χ1) is 14.0. The van der Waals surface area contributed by atoms with E-state index in [1.54, 1.807) is 0 Å². The van der Waals surface area contributed by atoms with E-state index < -0.39 is 35.5 Å². The number of carboxylic acids is 1. The average Bonchev–Trinajstić information content (AvgIpc) is 2.97. The van der Waals surface area contributed by atoms with E-state index in [9.17, 15) is 32.3 Å². The summed E-state index contributed by atoms with van der Waals surface area (Å²) in [5, 5.41) is 9.82. The van der Waals surface area contributed by atoms with Gasteiger partial charge in [0.25, 0.3) is 5.91 Å². The van der Waals surface area contributed by atoms with Gasteiger partial charge in [-0.05, 0) is 36.8 Å². The molecule has 3 rings (SSSR count). The number of halogens is 5. The molecule has 1 aromatic heterocycles. The number of thiazole rings is 1. The maximum absolute atomic E-state index is 14.0. The summed E-state index contributed by atoms with van der Waals surface area (Å²) in [6.07, 6.45) is -4.98. The second kappa shape index (κ2) is 8.19. The smallest absolute Gasteiger partial charge is 0.419 e. The quantitative estimate of drug-likeness (QED) is 0.538. The number of benzene rings is 2. The van der Waals surface area contributed by atoms with Gasteiger partial charge >= 0.3 is 12.1 Å². The van der Waals surface area contributed by atoms with E-state index in [2.05, 4.69) is 4.99 Å². The first-order valence-corrected chi connectivity index (χ1v) is 9.71. The molecule has 0 fully saturated rings. The number of aromatic nitrogens is 1. The Morgan fingerprint density at radius 2 is 1.97 bits per heavy atom. The molecule has 1 heterocycles. The molecule has 0 radical (unpaired) electrons. The standard InChI is InChI=1S/C19H13ClF4N2O3S/c1-2-13(17(28)29)26-14-7-11(19(22,23)24)12(21)8-15(14)30-18(26)25-16(27)9-4-3-5-10(20)6-9/h3-8,13H,2H2,1H3,(H,28,29). The Morgan fingerprint density at radius 3 is 2.53 bits per heavy atom. The van der Waals surface area contributed by atoms with Crippen LogP contribution in [0.15, 0.2) is 41.4 Å². The second-order valence-corrected chi connectivity index (χ2v) is 7.69. The van der Waals surface area contributed by atoms with Crippen LogP contribution in [-0.4, -0.2) is 21.6 Å². The van der Waals surface area contributed by atoms with E-state index in [1.165, 1.54) is 31.2 Å². The Labute approximate surface area is 175 Å². The van der Waals surface area contributed by atoms with Crippen molar-refractivity contribution in [1.82, 2.24) is 4.57 Å². The van der Waals surface area contributed by atoms with Crippen LogP contribution in [0, 0.1) is 5.82 Å². The van der Waals surface area contributed by atoms with Crippen LogP contribution in [0.1, 0.15) is 35.3 Å². The summed E-state index contributed by atoms with van der Waals surface area (Å²) in [6, 6.07) is 5.73. The van der Waals surface area contributed by atoms with Crippen molar-refractivity contribution in [3.05, 3.63) is 63.2 Å². The summed E-state index contributed by atoms with van der Waals surface area (Å²) in [6.45, 7) is 1.52. The highest BCUT2D eigenvalue weighted by atomic mass is 35.5. The molecule has 0 aliphatic heterocycles. The largest absolute Gasteiger partial charge is 0.480 e. The van der Waals surface area contributed by atoms with Crippen LogP contribution in [0.4, 0.5) is 17.6 Å². The molecule has 0 saturated carbocycles. The van der Waals surface area contributed by atoms with Crippen molar-refractivity contribution in [3.8, 4) is 0 Å². The fourth-order valence-corrected chi connectivity index (χ4v) is 4.16. The van der Waals surface area contributed by atoms with Crippen LogP contribution >= 0.6 is 22.9 Å². The third-order valence-corrected chi connectivity index (χ3v) is 5.53. The van der Waals surface area contributed by atoms with E-state index >= 15 is 0 Å². The molecule has 5 nitrogen and oxygen atoms in total. The van der Waals surface area contributed by atoms with Gasteiger partial charge in [-0.2, -0.15) is 18.2 Å². The maximum atomic E-state index is 14.0. The zero-order chi connectivity index (χ0) is 22.2. The van der Waals surface area contributed by atoms with Gasteiger partial charge in [0.1, 0.15) is 11.9 Å². The number of nitrogens with zero attached hydrogens (tertiary/aromatic N) is 2. The molecule has 1 unspecified atom stereocenters. The molecule has 0 spiro atoms.